The van der Waals surface area contributed by atoms with E-state index in [1.807, 2.05) is 12.1 Å². The number of nitrogens with two attached hydrogens (primary N) is 1. The molecule has 1 amide bonds. The van der Waals surface area contributed by atoms with Crippen LogP contribution >= 0.6 is 24.0 Å². The zero-order valence-corrected chi connectivity index (χ0v) is 20.4. The number of amides is 1. The van der Waals surface area contributed by atoms with Gasteiger partial charge >= 0.3 is 0 Å². The number of hydrogen-bond donors (Lipinski definition) is 2. The first kappa shape index (κ1) is 24.6. The Kier molecular flexibility index (Phi) is 10.0. The van der Waals surface area contributed by atoms with E-state index in [0.717, 1.165) is 61.8 Å². The largest absolute Gasteiger partial charge is 0.497 e. The Morgan fingerprint density at radius 3 is 2.70 bits per heavy atom. The lowest BCUT2D eigenvalue weighted by Crippen LogP contribution is -2.46. The van der Waals surface area contributed by atoms with Crippen LogP contribution in [0.1, 0.15) is 50.5 Å². The molecule has 1 atom stereocenters. The molecule has 1 aliphatic carbocycles. The Bertz CT molecular complexity index is 722. The van der Waals surface area contributed by atoms with E-state index in [-0.39, 0.29) is 36.0 Å². The van der Waals surface area contributed by atoms with Gasteiger partial charge in [-0.15, -0.1) is 24.0 Å². The predicted octanol–water partition coefficient (Wildman–Crippen LogP) is 3.30. The number of rotatable bonds is 7. The molecule has 8 heteroatoms. The maximum Gasteiger partial charge on any atom is 0.217 e. The number of guanidine groups is 1. The normalized spacial score (nSPS) is 19.9. The first-order chi connectivity index (χ1) is 14.1. The summed E-state index contributed by atoms with van der Waals surface area (Å²) in [4.78, 5) is 18.0. The minimum atomic E-state index is -0.230. The van der Waals surface area contributed by atoms with Gasteiger partial charge in [0.15, 0.2) is 5.96 Å². The van der Waals surface area contributed by atoms with E-state index < -0.39 is 0 Å². The van der Waals surface area contributed by atoms with Crippen molar-refractivity contribution in [1.82, 2.24) is 10.2 Å². The Hall–Kier alpha value is -1.71. The van der Waals surface area contributed by atoms with Gasteiger partial charge in [-0.3, -0.25) is 9.79 Å². The SMILES string of the molecule is CN=C(NCc1ccc(OC)cc1OC1CCCC1)N1CCCC(CC(N)=O)C1.I. The van der Waals surface area contributed by atoms with Gasteiger partial charge in [0.2, 0.25) is 5.91 Å². The van der Waals surface area contributed by atoms with Crippen LogP contribution in [0.5, 0.6) is 11.5 Å². The van der Waals surface area contributed by atoms with E-state index >= 15 is 0 Å². The minimum Gasteiger partial charge on any atom is -0.497 e. The summed E-state index contributed by atoms with van der Waals surface area (Å²) in [7, 11) is 3.47. The second-order valence-electron chi connectivity index (χ2n) is 8.02. The number of methoxy groups -OCH3 is 1. The third-order valence-electron chi connectivity index (χ3n) is 5.83. The fourth-order valence-corrected chi connectivity index (χ4v) is 4.32. The summed E-state index contributed by atoms with van der Waals surface area (Å²) in [6.07, 6.45) is 7.49. The summed E-state index contributed by atoms with van der Waals surface area (Å²) < 4.78 is 11.7. The Morgan fingerprint density at radius 2 is 2.03 bits per heavy atom. The zero-order chi connectivity index (χ0) is 20.6. The van der Waals surface area contributed by atoms with E-state index in [2.05, 4.69) is 21.3 Å². The number of carbonyl (C=O) groups excluding carboxylic acids is 1. The lowest BCUT2D eigenvalue weighted by Gasteiger charge is -2.34. The molecular formula is C22H35IN4O3. The molecule has 0 bridgehead atoms. The molecule has 2 aliphatic rings. The van der Waals surface area contributed by atoms with Crippen LogP contribution in [0.15, 0.2) is 23.2 Å². The number of ether oxygens (including phenoxy) is 2. The van der Waals surface area contributed by atoms with Crippen LogP contribution < -0.4 is 20.5 Å². The van der Waals surface area contributed by atoms with Gasteiger partial charge in [0.25, 0.3) is 0 Å². The maximum absolute atomic E-state index is 11.3. The molecule has 1 heterocycles. The van der Waals surface area contributed by atoms with Crippen LogP contribution in [-0.2, 0) is 11.3 Å². The maximum atomic E-state index is 11.3. The number of piperidine rings is 1. The van der Waals surface area contributed by atoms with Gasteiger partial charge in [-0.25, -0.2) is 0 Å². The molecule has 1 aromatic carbocycles. The number of hydrogen-bond acceptors (Lipinski definition) is 4. The highest BCUT2D eigenvalue weighted by Crippen LogP contribution is 2.30. The topological polar surface area (TPSA) is 89.2 Å². The predicted molar refractivity (Wildman–Crippen MR) is 130 cm³/mol. The third kappa shape index (κ3) is 6.92. The van der Waals surface area contributed by atoms with Gasteiger partial charge in [-0.2, -0.15) is 0 Å². The molecular weight excluding hydrogens is 495 g/mol. The van der Waals surface area contributed by atoms with Crippen LogP contribution in [-0.4, -0.2) is 50.1 Å². The third-order valence-corrected chi connectivity index (χ3v) is 5.83. The molecule has 1 saturated heterocycles. The quantitative estimate of drug-likeness (QED) is 0.321. The summed E-state index contributed by atoms with van der Waals surface area (Å²) in [6.45, 7) is 2.36. The smallest absolute Gasteiger partial charge is 0.217 e. The molecule has 1 unspecified atom stereocenters. The molecule has 0 radical (unpaired) electrons. The number of aliphatic imine (C=N–C) groups is 1. The van der Waals surface area contributed by atoms with Crippen molar-refractivity contribution in [2.24, 2.45) is 16.6 Å². The summed E-state index contributed by atoms with van der Waals surface area (Å²) in [5.74, 6) is 2.59. The van der Waals surface area contributed by atoms with Crippen LogP contribution in [0.2, 0.25) is 0 Å². The van der Waals surface area contributed by atoms with E-state index in [1.165, 1.54) is 12.8 Å². The Labute approximate surface area is 196 Å². The van der Waals surface area contributed by atoms with Crippen molar-refractivity contribution in [2.45, 2.75) is 57.6 Å². The first-order valence-corrected chi connectivity index (χ1v) is 10.7. The van der Waals surface area contributed by atoms with Crippen molar-refractivity contribution in [3.8, 4) is 11.5 Å². The molecule has 0 aromatic heterocycles. The van der Waals surface area contributed by atoms with Gasteiger partial charge in [-0.05, 0) is 56.6 Å². The summed E-state index contributed by atoms with van der Waals surface area (Å²) in [5.41, 5.74) is 6.48. The average Bonchev–Trinajstić information content (AvgIpc) is 3.22. The number of nitrogens with one attached hydrogen (secondary N) is 1. The number of primary amides is 1. The van der Waals surface area contributed by atoms with Crippen LogP contribution in [0.25, 0.3) is 0 Å². The van der Waals surface area contributed by atoms with Crippen LogP contribution in [0.4, 0.5) is 0 Å². The molecule has 0 spiro atoms. The Morgan fingerprint density at radius 1 is 1.27 bits per heavy atom. The van der Waals surface area contributed by atoms with Crippen molar-refractivity contribution in [2.75, 3.05) is 27.2 Å². The van der Waals surface area contributed by atoms with E-state index in [0.29, 0.717) is 18.9 Å². The number of likely N-dealkylation sites (tertiary alicyclic amines) is 1. The molecule has 3 rings (SSSR count). The molecule has 30 heavy (non-hydrogen) atoms. The molecule has 168 valence electrons. The number of benzene rings is 1. The Balaban J connectivity index is 0.00000320. The average molecular weight is 530 g/mol. The van der Waals surface area contributed by atoms with Crippen LogP contribution in [0, 0.1) is 5.92 Å². The van der Waals surface area contributed by atoms with Crippen molar-refractivity contribution in [1.29, 1.82) is 0 Å². The van der Waals surface area contributed by atoms with Crippen molar-refractivity contribution in [3.63, 3.8) is 0 Å². The highest BCUT2D eigenvalue weighted by molar-refractivity contribution is 14.0. The summed E-state index contributed by atoms with van der Waals surface area (Å²) in [6, 6.07) is 5.99. The standard InChI is InChI=1S/C22H34N4O3.HI/c1-24-22(26-11-5-6-16(15-26)12-21(23)27)25-14-17-9-10-19(28-2)13-20(17)29-18-7-3-4-8-18;/h9-10,13,16,18H,3-8,11-12,14-15H2,1-2H3,(H2,23,27)(H,24,25);1H. The fraction of sp³-hybridized carbons (Fsp3) is 0.636. The monoisotopic (exact) mass is 530 g/mol. The van der Waals surface area contributed by atoms with Crippen LogP contribution in [0.3, 0.4) is 0 Å². The van der Waals surface area contributed by atoms with E-state index in [4.69, 9.17) is 15.2 Å². The lowest BCUT2D eigenvalue weighted by atomic mass is 9.95. The minimum absolute atomic E-state index is 0. The van der Waals surface area contributed by atoms with E-state index in [9.17, 15) is 4.79 Å². The number of halogens is 1. The molecule has 1 aliphatic heterocycles. The van der Waals surface area contributed by atoms with Gasteiger partial charge in [0.1, 0.15) is 11.5 Å². The number of carbonyl (C=O) groups is 1. The second kappa shape index (κ2) is 12.2. The van der Waals surface area contributed by atoms with Crippen molar-refractivity contribution < 1.29 is 14.3 Å². The molecule has 2 fully saturated rings. The van der Waals surface area contributed by atoms with Gasteiger partial charge < -0.3 is 25.4 Å². The highest BCUT2D eigenvalue weighted by Gasteiger charge is 2.24. The first-order valence-electron chi connectivity index (χ1n) is 10.7. The van der Waals surface area contributed by atoms with E-state index in [1.54, 1.807) is 14.2 Å². The van der Waals surface area contributed by atoms with Gasteiger partial charge in [0.05, 0.1) is 13.2 Å². The molecule has 3 N–H and O–H groups in total. The lowest BCUT2D eigenvalue weighted by molar-refractivity contribution is -0.119. The summed E-state index contributed by atoms with van der Waals surface area (Å²) >= 11 is 0. The molecule has 7 nitrogen and oxygen atoms in total. The van der Waals surface area contributed by atoms with Crippen molar-refractivity contribution in [3.05, 3.63) is 23.8 Å². The zero-order valence-electron chi connectivity index (χ0n) is 18.1. The summed E-state index contributed by atoms with van der Waals surface area (Å²) in [5, 5.41) is 3.47. The van der Waals surface area contributed by atoms with Gasteiger partial charge in [0, 0.05) is 44.7 Å². The second-order valence-corrected chi connectivity index (χ2v) is 8.02. The molecule has 1 saturated carbocycles. The van der Waals surface area contributed by atoms with Gasteiger partial charge in [-0.1, -0.05) is 0 Å². The number of nitrogens with zero attached hydrogens (tertiary/aromatic N) is 2. The molecule has 1 aromatic rings. The highest BCUT2D eigenvalue weighted by atomic mass is 127. The fourth-order valence-electron chi connectivity index (χ4n) is 4.32. The van der Waals surface area contributed by atoms with Crippen molar-refractivity contribution >= 4 is 35.8 Å².